The molecular formula is C12H26N2. The van der Waals surface area contributed by atoms with Crippen molar-refractivity contribution in [1.29, 1.82) is 0 Å². The highest BCUT2D eigenvalue weighted by Gasteiger charge is 2.19. The van der Waals surface area contributed by atoms with Crippen LogP contribution in [0.5, 0.6) is 0 Å². The number of nitrogens with zero attached hydrogens (tertiary/aromatic N) is 1. The van der Waals surface area contributed by atoms with E-state index in [4.69, 9.17) is 0 Å². The number of rotatable bonds is 4. The van der Waals surface area contributed by atoms with Crippen LogP contribution in [0.2, 0.25) is 0 Å². The van der Waals surface area contributed by atoms with Crippen LogP contribution >= 0.6 is 0 Å². The minimum Gasteiger partial charge on any atom is -0.313 e. The maximum absolute atomic E-state index is 3.62. The molecule has 2 atom stereocenters. The first kappa shape index (κ1) is 12.0. The van der Waals surface area contributed by atoms with Crippen molar-refractivity contribution >= 4 is 0 Å². The molecule has 2 unspecified atom stereocenters. The third-order valence-corrected chi connectivity index (χ3v) is 3.33. The Hall–Kier alpha value is -0.0800. The second kappa shape index (κ2) is 6.41. The summed E-state index contributed by atoms with van der Waals surface area (Å²) in [6.07, 6.45) is 5.22. The molecule has 1 rings (SSSR count). The molecule has 1 N–H and O–H groups in total. The predicted molar refractivity (Wildman–Crippen MR) is 62.6 cm³/mol. The van der Waals surface area contributed by atoms with E-state index < -0.39 is 0 Å². The average molecular weight is 198 g/mol. The monoisotopic (exact) mass is 198 g/mol. The highest BCUT2D eigenvalue weighted by Crippen LogP contribution is 2.11. The van der Waals surface area contributed by atoms with Gasteiger partial charge in [-0.2, -0.15) is 0 Å². The lowest BCUT2D eigenvalue weighted by molar-refractivity contribution is 0.194. The van der Waals surface area contributed by atoms with Gasteiger partial charge in [0.2, 0.25) is 0 Å². The minimum atomic E-state index is 0.719. The molecule has 14 heavy (non-hydrogen) atoms. The van der Waals surface area contributed by atoms with E-state index >= 15 is 0 Å². The second-order valence-electron chi connectivity index (χ2n) is 4.55. The number of hydrogen-bond donors (Lipinski definition) is 1. The van der Waals surface area contributed by atoms with Crippen LogP contribution < -0.4 is 5.32 Å². The van der Waals surface area contributed by atoms with E-state index in [9.17, 15) is 0 Å². The van der Waals surface area contributed by atoms with Gasteiger partial charge in [-0.05, 0) is 39.3 Å². The molecular weight excluding hydrogens is 172 g/mol. The molecule has 1 saturated heterocycles. The summed E-state index contributed by atoms with van der Waals surface area (Å²) in [4.78, 5) is 2.66. The van der Waals surface area contributed by atoms with Gasteiger partial charge in [-0.3, -0.25) is 4.90 Å². The van der Waals surface area contributed by atoms with Crippen LogP contribution in [0.3, 0.4) is 0 Å². The Kier molecular flexibility index (Phi) is 5.49. The molecule has 0 spiro atoms. The standard InChI is InChI=1S/C12H26N2/c1-4-7-11(3)14-9-6-8-13-12(5-2)10-14/h11-13H,4-10H2,1-3H3. The summed E-state index contributed by atoms with van der Waals surface area (Å²) in [7, 11) is 0. The van der Waals surface area contributed by atoms with Gasteiger partial charge in [0, 0.05) is 18.6 Å². The quantitative estimate of drug-likeness (QED) is 0.745. The van der Waals surface area contributed by atoms with E-state index in [0.29, 0.717) is 0 Å². The summed E-state index contributed by atoms with van der Waals surface area (Å²) in [5.41, 5.74) is 0. The Labute approximate surface area is 89.1 Å². The van der Waals surface area contributed by atoms with Crippen molar-refractivity contribution in [2.75, 3.05) is 19.6 Å². The van der Waals surface area contributed by atoms with Crippen molar-refractivity contribution in [3.63, 3.8) is 0 Å². The summed E-state index contributed by atoms with van der Waals surface area (Å²) in [5, 5.41) is 3.62. The molecule has 1 aliphatic heterocycles. The smallest absolute Gasteiger partial charge is 0.0192 e. The van der Waals surface area contributed by atoms with Crippen molar-refractivity contribution in [3.05, 3.63) is 0 Å². The van der Waals surface area contributed by atoms with Crippen LogP contribution in [0.25, 0.3) is 0 Å². The molecule has 0 saturated carbocycles. The molecule has 0 bridgehead atoms. The zero-order valence-corrected chi connectivity index (χ0v) is 10.1. The zero-order chi connectivity index (χ0) is 10.4. The van der Waals surface area contributed by atoms with Crippen molar-refractivity contribution < 1.29 is 0 Å². The Morgan fingerprint density at radius 1 is 1.43 bits per heavy atom. The van der Waals surface area contributed by atoms with Crippen LogP contribution in [0, 0.1) is 0 Å². The molecule has 1 aliphatic rings. The van der Waals surface area contributed by atoms with E-state index in [1.807, 2.05) is 0 Å². The maximum atomic E-state index is 3.62. The number of hydrogen-bond acceptors (Lipinski definition) is 2. The third-order valence-electron chi connectivity index (χ3n) is 3.33. The lowest BCUT2D eigenvalue weighted by Gasteiger charge is -2.29. The molecule has 0 aromatic rings. The summed E-state index contributed by atoms with van der Waals surface area (Å²) in [6, 6.07) is 1.49. The fourth-order valence-electron chi connectivity index (χ4n) is 2.30. The summed E-state index contributed by atoms with van der Waals surface area (Å²) < 4.78 is 0. The van der Waals surface area contributed by atoms with Gasteiger partial charge in [0.15, 0.2) is 0 Å². The molecule has 0 aliphatic carbocycles. The third kappa shape index (κ3) is 3.58. The van der Waals surface area contributed by atoms with Gasteiger partial charge in [0.1, 0.15) is 0 Å². The normalized spacial score (nSPS) is 27.2. The molecule has 1 heterocycles. The van der Waals surface area contributed by atoms with Gasteiger partial charge < -0.3 is 5.32 Å². The van der Waals surface area contributed by atoms with Crippen molar-refractivity contribution in [2.45, 2.75) is 58.5 Å². The van der Waals surface area contributed by atoms with E-state index in [1.165, 1.54) is 45.3 Å². The van der Waals surface area contributed by atoms with Gasteiger partial charge in [-0.15, -0.1) is 0 Å². The van der Waals surface area contributed by atoms with Gasteiger partial charge in [0.05, 0.1) is 0 Å². The molecule has 0 aromatic heterocycles. The van der Waals surface area contributed by atoms with Crippen LogP contribution in [0.1, 0.15) is 46.5 Å². The fraction of sp³-hybridized carbons (Fsp3) is 1.00. The lowest BCUT2D eigenvalue weighted by atomic mass is 10.1. The molecule has 0 amide bonds. The Bertz CT molecular complexity index is 147. The van der Waals surface area contributed by atoms with E-state index in [1.54, 1.807) is 0 Å². The predicted octanol–water partition coefficient (Wildman–Crippen LogP) is 2.25. The molecule has 2 nitrogen and oxygen atoms in total. The Morgan fingerprint density at radius 3 is 2.86 bits per heavy atom. The molecule has 1 fully saturated rings. The summed E-state index contributed by atoms with van der Waals surface area (Å²) >= 11 is 0. The Balaban J connectivity index is 2.41. The second-order valence-corrected chi connectivity index (χ2v) is 4.55. The Morgan fingerprint density at radius 2 is 2.21 bits per heavy atom. The number of nitrogens with one attached hydrogen (secondary N) is 1. The summed E-state index contributed by atoms with van der Waals surface area (Å²) in [5.74, 6) is 0. The largest absolute Gasteiger partial charge is 0.313 e. The van der Waals surface area contributed by atoms with Crippen molar-refractivity contribution in [3.8, 4) is 0 Å². The summed E-state index contributed by atoms with van der Waals surface area (Å²) in [6.45, 7) is 10.7. The van der Waals surface area contributed by atoms with Crippen LogP contribution in [0.15, 0.2) is 0 Å². The average Bonchev–Trinajstić information content (AvgIpc) is 2.43. The van der Waals surface area contributed by atoms with Crippen LogP contribution in [-0.2, 0) is 0 Å². The van der Waals surface area contributed by atoms with Gasteiger partial charge in [-0.1, -0.05) is 20.3 Å². The highest BCUT2D eigenvalue weighted by atomic mass is 15.2. The van der Waals surface area contributed by atoms with Crippen molar-refractivity contribution in [1.82, 2.24) is 10.2 Å². The van der Waals surface area contributed by atoms with Gasteiger partial charge in [-0.25, -0.2) is 0 Å². The van der Waals surface area contributed by atoms with Crippen LogP contribution in [0.4, 0.5) is 0 Å². The molecule has 0 radical (unpaired) electrons. The van der Waals surface area contributed by atoms with Crippen molar-refractivity contribution in [2.24, 2.45) is 0 Å². The van der Waals surface area contributed by atoms with Gasteiger partial charge in [0.25, 0.3) is 0 Å². The van der Waals surface area contributed by atoms with Gasteiger partial charge >= 0.3 is 0 Å². The van der Waals surface area contributed by atoms with E-state index in [0.717, 1.165) is 12.1 Å². The topological polar surface area (TPSA) is 15.3 Å². The SMILES string of the molecule is CCCC(C)N1CCCNC(CC)C1. The van der Waals surface area contributed by atoms with Crippen LogP contribution in [-0.4, -0.2) is 36.6 Å². The lowest BCUT2D eigenvalue weighted by Crippen LogP contribution is -2.41. The first-order chi connectivity index (χ1) is 6.77. The fourth-order valence-corrected chi connectivity index (χ4v) is 2.30. The van der Waals surface area contributed by atoms with E-state index in [-0.39, 0.29) is 0 Å². The highest BCUT2D eigenvalue weighted by molar-refractivity contribution is 4.78. The molecule has 84 valence electrons. The zero-order valence-electron chi connectivity index (χ0n) is 10.1. The minimum absolute atomic E-state index is 0.719. The molecule has 0 aromatic carbocycles. The first-order valence-electron chi connectivity index (χ1n) is 6.25. The molecule has 2 heteroatoms. The first-order valence-corrected chi connectivity index (χ1v) is 6.25. The van der Waals surface area contributed by atoms with E-state index in [2.05, 4.69) is 31.0 Å². The maximum Gasteiger partial charge on any atom is 0.0192 e.